The van der Waals surface area contributed by atoms with Crippen LogP contribution in [0.2, 0.25) is 0 Å². The zero-order valence-electron chi connectivity index (χ0n) is 24.7. The van der Waals surface area contributed by atoms with Crippen molar-refractivity contribution in [2.75, 3.05) is 18.8 Å². The number of aliphatic imine (C=N–C) groups is 2. The van der Waals surface area contributed by atoms with Crippen LogP contribution in [0.5, 0.6) is 0 Å². The average Bonchev–Trinajstić information content (AvgIpc) is 2.95. The fourth-order valence-electron chi connectivity index (χ4n) is 5.51. The first kappa shape index (κ1) is 29.9. The molecule has 3 aromatic rings. The molecule has 0 radical (unpaired) electrons. The molecule has 1 aliphatic heterocycles. The van der Waals surface area contributed by atoms with E-state index in [1.807, 2.05) is 107 Å². The Morgan fingerprint density at radius 1 is 0.951 bits per heavy atom. The smallest absolute Gasteiger partial charge is 0.264 e. The second-order valence-electron chi connectivity index (χ2n) is 11.3. The maximum atomic E-state index is 14.3. The molecule has 7 heteroatoms. The molecule has 0 bridgehead atoms. The van der Waals surface area contributed by atoms with Crippen LogP contribution in [0.4, 0.5) is 5.69 Å². The molecular weight excluding hydrogens is 510 g/mol. The monoisotopic (exact) mass is 551 g/mol. The zero-order chi connectivity index (χ0) is 29.7. The quantitative estimate of drug-likeness (QED) is 0.334. The second kappa shape index (κ2) is 12.6. The van der Waals surface area contributed by atoms with E-state index in [9.17, 15) is 9.59 Å². The molecule has 0 fully saturated rings. The summed E-state index contributed by atoms with van der Waals surface area (Å²) in [4.78, 5) is 39.7. The molecule has 2 atom stereocenters. The molecule has 7 nitrogen and oxygen atoms in total. The van der Waals surface area contributed by atoms with Crippen LogP contribution in [0, 0.1) is 19.8 Å². The van der Waals surface area contributed by atoms with Crippen molar-refractivity contribution in [3.8, 4) is 0 Å². The standard InChI is InChI=1S/C34H41N5O2/c1-22(2)30(39(19-9-18-35)32(40)27-15-12-23(3)13-16-27)31-37-25(5)34(33(41)38-31,21-26-10-7-6-8-11-26)28-17-14-24(4)29(36)20-28/h6-8,10-17,20,22,30H,9,18-19,21,35-36H2,1-5H3. The lowest BCUT2D eigenvalue weighted by Gasteiger charge is -2.39. The molecule has 214 valence electrons. The van der Waals surface area contributed by atoms with E-state index in [2.05, 4.69) is 4.99 Å². The molecule has 0 aromatic heterocycles. The van der Waals surface area contributed by atoms with E-state index in [-0.39, 0.29) is 17.7 Å². The van der Waals surface area contributed by atoms with E-state index in [1.165, 1.54) is 0 Å². The number of amidine groups is 1. The van der Waals surface area contributed by atoms with Crippen LogP contribution in [-0.2, 0) is 16.6 Å². The van der Waals surface area contributed by atoms with Gasteiger partial charge in [0.1, 0.15) is 5.41 Å². The van der Waals surface area contributed by atoms with Crippen molar-refractivity contribution in [1.82, 2.24) is 4.90 Å². The number of amides is 2. The number of rotatable bonds is 10. The Balaban J connectivity index is 1.82. The van der Waals surface area contributed by atoms with Gasteiger partial charge in [-0.15, -0.1) is 0 Å². The summed E-state index contributed by atoms with van der Waals surface area (Å²) in [6.07, 6.45) is 1.01. The number of hydrogen-bond acceptors (Lipinski definition) is 5. The minimum atomic E-state index is -1.11. The number of nitrogens with zero attached hydrogens (tertiary/aromatic N) is 3. The third kappa shape index (κ3) is 6.15. The van der Waals surface area contributed by atoms with Crippen LogP contribution in [0.25, 0.3) is 0 Å². The van der Waals surface area contributed by atoms with Crippen molar-refractivity contribution >= 4 is 29.0 Å². The predicted molar refractivity (Wildman–Crippen MR) is 167 cm³/mol. The highest BCUT2D eigenvalue weighted by Gasteiger charge is 2.47. The number of carbonyl (C=O) groups is 2. The van der Waals surface area contributed by atoms with Gasteiger partial charge >= 0.3 is 0 Å². The summed E-state index contributed by atoms with van der Waals surface area (Å²) in [6, 6.07) is 22.6. The number of nitrogens with two attached hydrogens (primary N) is 2. The third-order valence-corrected chi connectivity index (χ3v) is 7.96. The summed E-state index contributed by atoms with van der Waals surface area (Å²) < 4.78 is 0. The van der Waals surface area contributed by atoms with Gasteiger partial charge in [0.15, 0.2) is 5.84 Å². The van der Waals surface area contributed by atoms with Crippen molar-refractivity contribution in [2.24, 2.45) is 21.6 Å². The predicted octanol–water partition coefficient (Wildman–Crippen LogP) is 5.28. The second-order valence-corrected chi connectivity index (χ2v) is 11.3. The molecule has 0 saturated heterocycles. The van der Waals surface area contributed by atoms with E-state index in [4.69, 9.17) is 16.5 Å². The summed E-state index contributed by atoms with van der Waals surface area (Å²) >= 11 is 0. The summed E-state index contributed by atoms with van der Waals surface area (Å²) in [6.45, 7) is 10.7. The lowest BCUT2D eigenvalue weighted by Crippen LogP contribution is -2.53. The molecule has 3 aromatic carbocycles. The van der Waals surface area contributed by atoms with Gasteiger partial charge < -0.3 is 16.4 Å². The van der Waals surface area contributed by atoms with Crippen LogP contribution < -0.4 is 11.5 Å². The van der Waals surface area contributed by atoms with Gasteiger partial charge in [-0.3, -0.25) is 9.59 Å². The molecule has 2 amide bonds. The number of hydrogen-bond donors (Lipinski definition) is 2. The van der Waals surface area contributed by atoms with Gasteiger partial charge in [-0.25, -0.2) is 4.99 Å². The van der Waals surface area contributed by atoms with Gasteiger partial charge in [0.2, 0.25) is 0 Å². The number of carbonyl (C=O) groups excluding carboxylic acids is 2. The molecule has 1 aliphatic rings. The van der Waals surface area contributed by atoms with Crippen molar-refractivity contribution < 1.29 is 9.59 Å². The maximum absolute atomic E-state index is 14.3. The summed E-state index contributed by atoms with van der Waals surface area (Å²) in [5, 5.41) is 0. The van der Waals surface area contributed by atoms with Crippen LogP contribution in [0.15, 0.2) is 82.8 Å². The Bertz CT molecular complexity index is 1460. The average molecular weight is 552 g/mol. The van der Waals surface area contributed by atoms with Crippen molar-refractivity contribution in [1.29, 1.82) is 0 Å². The summed E-state index contributed by atoms with van der Waals surface area (Å²) in [7, 11) is 0. The first-order chi connectivity index (χ1) is 19.6. The maximum Gasteiger partial charge on any atom is 0.264 e. The third-order valence-electron chi connectivity index (χ3n) is 7.96. The topological polar surface area (TPSA) is 114 Å². The highest BCUT2D eigenvalue weighted by atomic mass is 16.2. The van der Waals surface area contributed by atoms with E-state index < -0.39 is 11.5 Å². The molecule has 4 rings (SSSR count). The molecule has 2 unspecified atom stereocenters. The number of nitrogen functional groups attached to an aromatic ring is 1. The fraction of sp³-hybridized carbons (Fsp3) is 0.353. The zero-order valence-corrected chi connectivity index (χ0v) is 24.7. The first-order valence-corrected chi connectivity index (χ1v) is 14.3. The van der Waals surface area contributed by atoms with E-state index in [0.717, 1.165) is 22.3 Å². The van der Waals surface area contributed by atoms with Gasteiger partial charge in [-0.2, -0.15) is 4.99 Å². The van der Waals surface area contributed by atoms with Gasteiger partial charge in [0.25, 0.3) is 11.8 Å². The van der Waals surface area contributed by atoms with Gasteiger partial charge in [0, 0.05) is 23.5 Å². The van der Waals surface area contributed by atoms with Crippen molar-refractivity contribution in [3.63, 3.8) is 0 Å². The Morgan fingerprint density at radius 2 is 1.63 bits per heavy atom. The molecule has 41 heavy (non-hydrogen) atoms. The minimum absolute atomic E-state index is 0.0538. The lowest BCUT2D eigenvalue weighted by atomic mass is 9.70. The largest absolute Gasteiger partial charge is 0.399 e. The number of aryl methyl sites for hydroxylation is 2. The number of anilines is 1. The molecule has 1 heterocycles. The van der Waals surface area contributed by atoms with Crippen LogP contribution >= 0.6 is 0 Å². The van der Waals surface area contributed by atoms with E-state index in [0.29, 0.717) is 48.7 Å². The summed E-state index contributed by atoms with van der Waals surface area (Å²) in [5.41, 5.74) is 16.7. The van der Waals surface area contributed by atoms with Crippen LogP contribution in [0.3, 0.4) is 0 Å². The number of benzene rings is 3. The van der Waals surface area contributed by atoms with Crippen molar-refractivity contribution in [2.45, 2.75) is 58.9 Å². The Labute approximate surface area is 243 Å². The lowest BCUT2D eigenvalue weighted by molar-refractivity contribution is -0.121. The molecule has 4 N–H and O–H groups in total. The normalized spacial score (nSPS) is 17.7. The van der Waals surface area contributed by atoms with E-state index in [1.54, 1.807) is 4.90 Å². The highest BCUT2D eigenvalue weighted by Crippen LogP contribution is 2.37. The molecule has 0 spiro atoms. The molecule has 0 saturated carbocycles. The van der Waals surface area contributed by atoms with Crippen molar-refractivity contribution in [3.05, 3.63) is 101 Å². The van der Waals surface area contributed by atoms with Crippen LogP contribution in [0.1, 0.15) is 59.8 Å². The SMILES string of the molecule is CC1=NC(C(C(C)C)N(CCCN)C(=O)c2ccc(C)cc2)=NC(=O)C1(Cc1ccccc1)c1ccc(C)c(N)c1. The highest BCUT2D eigenvalue weighted by molar-refractivity contribution is 6.23. The minimum Gasteiger partial charge on any atom is -0.399 e. The molecular formula is C34H41N5O2. The van der Waals surface area contributed by atoms with Gasteiger partial charge in [-0.05, 0) is 81.0 Å². The molecule has 0 aliphatic carbocycles. The summed E-state index contributed by atoms with van der Waals surface area (Å²) in [5.74, 6) is -0.141. The Morgan fingerprint density at radius 3 is 2.22 bits per heavy atom. The Kier molecular flexibility index (Phi) is 9.18. The van der Waals surface area contributed by atoms with Gasteiger partial charge in [0.05, 0.1) is 6.04 Å². The first-order valence-electron chi connectivity index (χ1n) is 14.3. The van der Waals surface area contributed by atoms with Gasteiger partial charge in [-0.1, -0.05) is 74.0 Å². The van der Waals surface area contributed by atoms with Crippen LogP contribution in [-0.4, -0.2) is 47.4 Å². The van der Waals surface area contributed by atoms with E-state index >= 15 is 0 Å². The fourth-order valence-corrected chi connectivity index (χ4v) is 5.51. The Hall–Kier alpha value is -4.10.